The van der Waals surface area contributed by atoms with Crippen LogP contribution in [0.5, 0.6) is 0 Å². The first-order valence-electron chi connectivity index (χ1n) is 6.00. The number of hydrogen-bond acceptors (Lipinski definition) is 3. The van der Waals surface area contributed by atoms with Crippen LogP contribution in [0.15, 0.2) is 12.1 Å². The van der Waals surface area contributed by atoms with Gasteiger partial charge in [-0.2, -0.15) is 0 Å². The Labute approximate surface area is 118 Å². The first-order chi connectivity index (χ1) is 8.60. The molecule has 0 unspecified atom stereocenters. The molecule has 0 spiro atoms. The van der Waals surface area contributed by atoms with Crippen LogP contribution in [0.4, 0.5) is 11.4 Å². The third kappa shape index (κ3) is 4.56. The highest BCUT2D eigenvalue weighted by Crippen LogP contribution is 2.31. The van der Waals surface area contributed by atoms with Crippen molar-refractivity contribution in [3.05, 3.63) is 22.7 Å². The molecule has 0 aliphatic carbocycles. The molecule has 2 N–H and O–H groups in total. The van der Waals surface area contributed by atoms with Crippen molar-refractivity contribution < 1.29 is 9.59 Å². The van der Waals surface area contributed by atoms with E-state index in [1.54, 1.807) is 12.1 Å². The van der Waals surface area contributed by atoms with E-state index in [1.807, 2.05) is 20.8 Å². The summed E-state index contributed by atoms with van der Waals surface area (Å²) in [6.45, 7) is 8.85. The fourth-order valence-corrected chi connectivity index (χ4v) is 1.87. The standard InChI is InChI=1S/C14H19ClN2O2/c1-8(18)10-6-13(16-9(2)19)11(15)7-12(10)17-14(3,4)5/h6-7,17H,1-5H3,(H,16,19). The smallest absolute Gasteiger partial charge is 0.221 e. The Balaban J connectivity index is 3.29. The van der Waals surface area contributed by atoms with Gasteiger partial charge >= 0.3 is 0 Å². The van der Waals surface area contributed by atoms with E-state index < -0.39 is 0 Å². The number of nitrogens with one attached hydrogen (secondary N) is 2. The molecule has 1 aromatic rings. The van der Waals surface area contributed by atoms with Crippen LogP contribution in [0.3, 0.4) is 0 Å². The van der Waals surface area contributed by atoms with Crippen LogP contribution >= 0.6 is 11.6 Å². The molecule has 0 fully saturated rings. The average molecular weight is 283 g/mol. The van der Waals surface area contributed by atoms with E-state index >= 15 is 0 Å². The molecule has 0 radical (unpaired) electrons. The number of hydrogen-bond donors (Lipinski definition) is 2. The third-order valence-electron chi connectivity index (χ3n) is 2.31. The van der Waals surface area contributed by atoms with Gasteiger partial charge in [0.1, 0.15) is 0 Å². The number of Topliss-reactive ketones (excluding diaryl/α,β-unsaturated/α-hetero) is 1. The minimum Gasteiger partial charge on any atom is -0.380 e. The number of anilines is 2. The van der Waals surface area contributed by atoms with E-state index in [0.29, 0.717) is 22.0 Å². The molecule has 19 heavy (non-hydrogen) atoms. The zero-order chi connectivity index (χ0) is 14.8. The van der Waals surface area contributed by atoms with Crippen LogP contribution in [-0.2, 0) is 4.79 Å². The molecule has 5 heteroatoms. The molecule has 0 aromatic heterocycles. The van der Waals surface area contributed by atoms with Crippen LogP contribution in [-0.4, -0.2) is 17.2 Å². The second-order valence-electron chi connectivity index (χ2n) is 5.49. The lowest BCUT2D eigenvalue weighted by Crippen LogP contribution is -2.27. The van der Waals surface area contributed by atoms with E-state index in [4.69, 9.17) is 11.6 Å². The predicted molar refractivity (Wildman–Crippen MR) is 79.1 cm³/mol. The second-order valence-corrected chi connectivity index (χ2v) is 5.90. The van der Waals surface area contributed by atoms with Crippen molar-refractivity contribution in [2.75, 3.05) is 10.6 Å². The molecule has 4 nitrogen and oxygen atoms in total. The van der Waals surface area contributed by atoms with Crippen molar-refractivity contribution in [2.45, 2.75) is 40.2 Å². The number of ketones is 1. The van der Waals surface area contributed by atoms with Gasteiger partial charge in [0.05, 0.1) is 10.7 Å². The van der Waals surface area contributed by atoms with Gasteiger partial charge in [-0.15, -0.1) is 0 Å². The Morgan fingerprint density at radius 3 is 2.11 bits per heavy atom. The predicted octanol–water partition coefficient (Wildman–Crippen LogP) is 3.71. The van der Waals surface area contributed by atoms with E-state index in [0.717, 1.165) is 0 Å². The van der Waals surface area contributed by atoms with Gasteiger partial charge in [0.15, 0.2) is 5.78 Å². The Bertz CT molecular complexity index is 519. The molecular formula is C14H19ClN2O2. The lowest BCUT2D eigenvalue weighted by atomic mass is 10.0. The van der Waals surface area contributed by atoms with Crippen LogP contribution in [0, 0.1) is 0 Å². The van der Waals surface area contributed by atoms with Crippen LogP contribution in [0.1, 0.15) is 45.0 Å². The Hall–Kier alpha value is -1.55. The highest BCUT2D eigenvalue weighted by Gasteiger charge is 2.17. The average Bonchev–Trinajstić information content (AvgIpc) is 2.18. The maximum absolute atomic E-state index is 11.7. The second kappa shape index (κ2) is 5.61. The maximum atomic E-state index is 11.7. The van der Waals surface area contributed by atoms with Gasteiger partial charge in [-0.1, -0.05) is 11.6 Å². The van der Waals surface area contributed by atoms with Crippen molar-refractivity contribution in [1.29, 1.82) is 0 Å². The number of benzene rings is 1. The summed E-state index contributed by atoms with van der Waals surface area (Å²) in [4.78, 5) is 22.8. The van der Waals surface area contributed by atoms with E-state index in [-0.39, 0.29) is 17.2 Å². The summed E-state index contributed by atoms with van der Waals surface area (Å²) in [6.07, 6.45) is 0. The van der Waals surface area contributed by atoms with Gasteiger partial charge in [0.2, 0.25) is 5.91 Å². The monoisotopic (exact) mass is 282 g/mol. The topological polar surface area (TPSA) is 58.2 Å². The SMILES string of the molecule is CC(=O)Nc1cc(C(C)=O)c(NC(C)(C)C)cc1Cl. The summed E-state index contributed by atoms with van der Waals surface area (Å²) < 4.78 is 0. The largest absolute Gasteiger partial charge is 0.380 e. The van der Waals surface area contributed by atoms with E-state index in [1.165, 1.54) is 13.8 Å². The fraction of sp³-hybridized carbons (Fsp3) is 0.429. The normalized spacial score (nSPS) is 11.1. The van der Waals surface area contributed by atoms with Crippen molar-refractivity contribution in [3.63, 3.8) is 0 Å². The number of rotatable bonds is 3. The molecular weight excluding hydrogens is 264 g/mol. The lowest BCUT2D eigenvalue weighted by Gasteiger charge is -2.24. The number of halogens is 1. The van der Waals surface area contributed by atoms with Gasteiger partial charge in [-0.25, -0.2) is 0 Å². The summed E-state index contributed by atoms with van der Waals surface area (Å²) in [5.74, 6) is -0.317. The Kier molecular flexibility index (Phi) is 4.58. The highest BCUT2D eigenvalue weighted by atomic mass is 35.5. The first kappa shape index (κ1) is 15.5. The lowest BCUT2D eigenvalue weighted by molar-refractivity contribution is -0.114. The summed E-state index contributed by atoms with van der Waals surface area (Å²) in [5, 5.41) is 6.24. The molecule has 0 aliphatic heterocycles. The quantitative estimate of drug-likeness (QED) is 0.831. The van der Waals surface area contributed by atoms with E-state index in [2.05, 4.69) is 10.6 Å². The maximum Gasteiger partial charge on any atom is 0.221 e. The third-order valence-corrected chi connectivity index (χ3v) is 2.62. The minimum absolute atomic E-state index is 0.0879. The molecule has 0 heterocycles. The van der Waals surface area contributed by atoms with Gasteiger partial charge in [-0.3, -0.25) is 9.59 Å². The van der Waals surface area contributed by atoms with Crippen LogP contribution in [0.2, 0.25) is 5.02 Å². The van der Waals surface area contributed by atoms with Gasteiger partial charge in [0, 0.05) is 23.7 Å². The molecule has 0 saturated carbocycles. The molecule has 0 bridgehead atoms. The zero-order valence-corrected chi connectivity index (χ0v) is 12.6. The van der Waals surface area contributed by atoms with Crippen LogP contribution in [0.25, 0.3) is 0 Å². The molecule has 0 atom stereocenters. The fourth-order valence-electron chi connectivity index (χ4n) is 1.66. The molecule has 104 valence electrons. The van der Waals surface area contributed by atoms with Gasteiger partial charge in [-0.05, 0) is 39.8 Å². The van der Waals surface area contributed by atoms with Crippen molar-refractivity contribution in [2.24, 2.45) is 0 Å². The van der Waals surface area contributed by atoms with Gasteiger partial charge < -0.3 is 10.6 Å². The summed E-state index contributed by atoms with van der Waals surface area (Å²) in [5.41, 5.74) is 1.42. The molecule has 0 saturated heterocycles. The Morgan fingerprint density at radius 1 is 1.11 bits per heavy atom. The Morgan fingerprint density at radius 2 is 1.68 bits per heavy atom. The van der Waals surface area contributed by atoms with Gasteiger partial charge in [0.25, 0.3) is 0 Å². The molecule has 1 rings (SSSR count). The number of carbonyl (C=O) groups is 2. The summed E-state index contributed by atoms with van der Waals surface area (Å²) in [6, 6.07) is 3.26. The van der Waals surface area contributed by atoms with Crippen molar-refractivity contribution in [1.82, 2.24) is 0 Å². The van der Waals surface area contributed by atoms with Crippen molar-refractivity contribution in [3.8, 4) is 0 Å². The van der Waals surface area contributed by atoms with E-state index in [9.17, 15) is 9.59 Å². The highest BCUT2D eigenvalue weighted by molar-refractivity contribution is 6.34. The minimum atomic E-state index is -0.229. The van der Waals surface area contributed by atoms with Crippen molar-refractivity contribution >= 4 is 34.7 Å². The summed E-state index contributed by atoms with van der Waals surface area (Å²) in [7, 11) is 0. The molecule has 1 aromatic carbocycles. The van der Waals surface area contributed by atoms with Crippen LogP contribution < -0.4 is 10.6 Å². The first-order valence-corrected chi connectivity index (χ1v) is 6.38. The number of carbonyl (C=O) groups excluding carboxylic acids is 2. The molecule has 1 amide bonds. The summed E-state index contributed by atoms with van der Waals surface area (Å²) >= 11 is 6.11. The molecule has 0 aliphatic rings. The number of amides is 1. The zero-order valence-electron chi connectivity index (χ0n) is 11.8.